The Kier molecular flexibility index (Phi) is 4.69. The molecule has 0 spiro atoms. The van der Waals surface area contributed by atoms with Crippen LogP contribution in [-0.2, 0) is 29.0 Å². The molecule has 4 rings (SSSR count). The number of amides is 1. The molecule has 2 heterocycles. The summed E-state index contributed by atoms with van der Waals surface area (Å²) >= 11 is 0. The first kappa shape index (κ1) is 18.0. The van der Waals surface area contributed by atoms with Crippen LogP contribution in [0.2, 0.25) is 0 Å². The molecule has 1 amide bonds. The van der Waals surface area contributed by atoms with Crippen LogP contribution in [0.25, 0.3) is 0 Å². The Balaban J connectivity index is 1.38. The van der Waals surface area contributed by atoms with Gasteiger partial charge in [-0.25, -0.2) is 4.79 Å². The molecular formula is C22H21N3O3. The van der Waals surface area contributed by atoms with E-state index in [4.69, 9.17) is 4.74 Å². The minimum atomic E-state index is -1.20. The monoisotopic (exact) mass is 375 g/mol. The molecule has 0 saturated heterocycles. The normalized spacial score (nSPS) is 18.2. The van der Waals surface area contributed by atoms with E-state index in [0.29, 0.717) is 25.1 Å². The summed E-state index contributed by atoms with van der Waals surface area (Å²) in [6, 6.07) is 17.1. The van der Waals surface area contributed by atoms with Gasteiger partial charge in [-0.05, 0) is 35.7 Å². The van der Waals surface area contributed by atoms with Crippen molar-refractivity contribution in [3.05, 3.63) is 89.2 Å². The fourth-order valence-corrected chi connectivity index (χ4v) is 3.37. The van der Waals surface area contributed by atoms with Crippen LogP contribution in [0, 0.1) is 0 Å². The molecule has 6 heteroatoms. The van der Waals surface area contributed by atoms with Crippen LogP contribution in [0.15, 0.2) is 67.0 Å². The molecule has 1 aromatic heterocycles. The van der Waals surface area contributed by atoms with E-state index < -0.39 is 11.6 Å². The van der Waals surface area contributed by atoms with E-state index in [2.05, 4.69) is 10.4 Å². The summed E-state index contributed by atoms with van der Waals surface area (Å²) < 4.78 is 7.32. The molecule has 0 saturated carbocycles. The van der Waals surface area contributed by atoms with E-state index in [1.807, 2.05) is 53.3 Å². The lowest BCUT2D eigenvalue weighted by Crippen LogP contribution is -2.51. The van der Waals surface area contributed by atoms with Crippen molar-refractivity contribution in [2.75, 3.05) is 0 Å². The first-order valence-corrected chi connectivity index (χ1v) is 9.18. The number of hydrogen-bond acceptors (Lipinski definition) is 4. The molecule has 142 valence electrons. The summed E-state index contributed by atoms with van der Waals surface area (Å²) in [5.41, 5.74) is 2.26. The number of aromatic nitrogens is 2. The van der Waals surface area contributed by atoms with Crippen LogP contribution < -0.4 is 5.32 Å². The summed E-state index contributed by atoms with van der Waals surface area (Å²) in [5.74, 6) is -0.751. The summed E-state index contributed by atoms with van der Waals surface area (Å²) in [6.45, 7) is 2.73. The number of carbonyl (C=O) groups excluding carboxylic acids is 2. The van der Waals surface area contributed by atoms with Crippen molar-refractivity contribution in [2.45, 2.75) is 32.0 Å². The number of cyclic esters (lactones) is 1. The second-order valence-electron chi connectivity index (χ2n) is 7.16. The number of nitrogens with one attached hydrogen (secondary N) is 1. The van der Waals surface area contributed by atoms with Crippen molar-refractivity contribution < 1.29 is 14.3 Å². The average Bonchev–Trinajstić information content (AvgIpc) is 3.20. The molecule has 0 fully saturated rings. The molecule has 6 nitrogen and oxygen atoms in total. The number of carbonyl (C=O) groups is 2. The number of nitrogens with zero attached hydrogens (tertiary/aromatic N) is 2. The lowest BCUT2D eigenvalue weighted by Gasteiger charge is -2.33. The zero-order chi connectivity index (χ0) is 19.6. The zero-order valence-electron chi connectivity index (χ0n) is 15.6. The average molecular weight is 375 g/mol. The number of hydrogen-bond donors (Lipinski definition) is 1. The van der Waals surface area contributed by atoms with E-state index in [1.54, 1.807) is 25.3 Å². The van der Waals surface area contributed by atoms with Gasteiger partial charge in [0, 0.05) is 25.4 Å². The van der Waals surface area contributed by atoms with Crippen LogP contribution in [0.1, 0.15) is 34.0 Å². The molecule has 1 aliphatic rings. The predicted octanol–water partition coefficient (Wildman–Crippen LogP) is 2.72. The van der Waals surface area contributed by atoms with Crippen molar-refractivity contribution >= 4 is 11.9 Å². The van der Waals surface area contributed by atoms with Gasteiger partial charge in [-0.15, -0.1) is 0 Å². The lowest BCUT2D eigenvalue weighted by atomic mass is 9.89. The van der Waals surface area contributed by atoms with Crippen molar-refractivity contribution in [3.8, 4) is 0 Å². The van der Waals surface area contributed by atoms with Crippen LogP contribution >= 0.6 is 0 Å². The topological polar surface area (TPSA) is 73.2 Å². The van der Waals surface area contributed by atoms with E-state index >= 15 is 0 Å². The molecule has 28 heavy (non-hydrogen) atoms. The van der Waals surface area contributed by atoms with E-state index in [9.17, 15) is 9.59 Å². The SMILES string of the molecule is C[C@@]1(C(=O)NCc2ccc(Cn3cccn3)cc2)Cc2ccccc2C(=O)O1. The lowest BCUT2D eigenvalue weighted by molar-refractivity contribution is -0.139. The maximum atomic E-state index is 12.7. The Bertz CT molecular complexity index is 996. The minimum absolute atomic E-state index is 0.295. The van der Waals surface area contributed by atoms with Crippen LogP contribution in [0.4, 0.5) is 0 Å². The van der Waals surface area contributed by atoms with E-state index in [0.717, 1.165) is 16.7 Å². The Hall–Kier alpha value is -3.41. The van der Waals surface area contributed by atoms with Gasteiger partial charge >= 0.3 is 5.97 Å². The maximum Gasteiger partial charge on any atom is 0.339 e. The Morgan fingerprint density at radius 3 is 2.64 bits per heavy atom. The molecule has 2 aromatic carbocycles. The van der Waals surface area contributed by atoms with Crippen LogP contribution in [0.3, 0.4) is 0 Å². The van der Waals surface area contributed by atoms with Gasteiger partial charge in [0.25, 0.3) is 5.91 Å². The quantitative estimate of drug-likeness (QED) is 0.696. The van der Waals surface area contributed by atoms with E-state index in [-0.39, 0.29) is 5.91 Å². The van der Waals surface area contributed by atoms with Crippen molar-refractivity contribution in [2.24, 2.45) is 0 Å². The molecule has 0 unspecified atom stereocenters. The predicted molar refractivity (Wildman–Crippen MR) is 104 cm³/mol. The van der Waals surface area contributed by atoms with Gasteiger partial charge in [-0.3, -0.25) is 9.48 Å². The first-order chi connectivity index (χ1) is 13.5. The number of rotatable bonds is 5. The summed E-state index contributed by atoms with van der Waals surface area (Å²) in [7, 11) is 0. The first-order valence-electron chi connectivity index (χ1n) is 9.18. The van der Waals surface area contributed by atoms with Gasteiger partial charge < -0.3 is 10.1 Å². The second-order valence-corrected chi connectivity index (χ2v) is 7.16. The Morgan fingerprint density at radius 2 is 1.89 bits per heavy atom. The molecule has 3 aromatic rings. The smallest absolute Gasteiger partial charge is 0.339 e. The van der Waals surface area contributed by atoms with Gasteiger partial charge in [0.15, 0.2) is 5.60 Å². The summed E-state index contributed by atoms with van der Waals surface area (Å²) in [4.78, 5) is 25.0. The number of esters is 1. The summed E-state index contributed by atoms with van der Waals surface area (Å²) in [6.07, 6.45) is 4.03. The maximum absolute atomic E-state index is 12.7. The largest absolute Gasteiger partial charge is 0.445 e. The van der Waals surface area contributed by atoms with Crippen LogP contribution in [-0.4, -0.2) is 27.3 Å². The minimum Gasteiger partial charge on any atom is -0.445 e. The highest BCUT2D eigenvalue weighted by atomic mass is 16.6. The highest BCUT2D eigenvalue weighted by molar-refractivity contribution is 5.97. The van der Waals surface area contributed by atoms with Crippen molar-refractivity contribution in [1.82, 2.24) is 15.1 Å². The Labute approximate surface area is 163 Å². The van der Waals surface area contributed by atoms with Gasteiger partial charge in [-0.2, -0.15) is 5.10 Å². The third-order valence-corrected chi connectivity index (χ3v) is 4.94. The third-order valence-electron chi connectivity index (χ3n) is 4.94. The highest BCUT2D eigenvalue weighted by Gasteiger charge is 2.42. The molecular weight excluding hydrogens is 354 g/mol. The van der Waals surface area contributed by atoms with E-state index in [1.165, 1.54) is 0 Å². The third kappa shape index (κ3) is 3.67. The number of fused-ring (bicyclic) bond motifs is 1. The van der Waals surface area contributed by atoms with Crippen LogP contribution in [0.5, 0.6) is 0 Å². The standard InChI is InChI=1S/C22H21N3O3/c1-22(13-18-5-2-3-6-19(18)20(26)28-22)21(27)23-14-16-7-9-17(10-8-16)15-25-12-4-11-24-25/h2-12H,13-15H2,1H3,(H,23,27)/t22-/m0/s1. The summed E-state index contributed by atoms with van der Waals surface area (Å²) in [5, 5.41) is 7.09. The molecule has 0 bridgehead atoms. The fourth-order valence-electron chi connectivity index (χ4n) is 3.37. The van der Waals surface area contributed by atoms with Gasteiger partial charge in [-0.1, -0.05) is 42.5 Å². The molecule has 1 N–H and O–H groups in total. The van der Waals surface area contributed by atoms with Crippen molar-refractivity contribution in [3.63, 3.8) is 0 Å². The van der Waals surface area contributed by atoms with Gasteiger partial charge in [0.05, 0.1) is 12.1 Å². The second kappa shape index (κ2) is 7.31. The zero-order valence-corrected chi connectivity index (χ0v) is 15.6. The molecule has 1 atom stereocenters. The molecule has 0 aliphatic carbocycles. The van der Waals surface area contributed by atoms with Gasteiger partial charge in [0.2, 0.25) is 0 Å². The number of benzene rings is 2. The van der Waals surface area contributed by atoms with Gasteiger partial charge in [0.1, 0.15) is 0 Å². The fraction of sp³-hybridized carbons (Fsp3) is 0.227. The van der Waals surface area contributed by atoms with Crippen molar-refractivity contribution in [1.29, 1.82) is 0 Å². The Morgan fingerprint density at radius 1 is 1.14 bits per heavy atom. The molecule has 0 radical (unpaired) electrons. The highest BCUT2D eigenvalue weighted by Crippen LogP contribution is 2.28. The number of ether oxygens (including phenoxy) is 1. The molecule has 1 aliphatic heterocycles.